The van der Waals surface area contributed by atoms with Gasteiger partial charge in [-0.2, -0.15) is 0 Å². The van der Waals surface area contributed by atoms with Gasteiger partial charge in [-0.05, 0) is 33.7 Å². The summed E-state index contributed by atoms with van der Waals surface area (Å²) in [5.41, 5.74) is 2.09. The van der Waals surface area contributed by atoms with Crippen molar-refractivity contribution in [2.75, 3.05) is 7.11 Å². The van der Waals surface area contributed by atoms with Crippen molar-refractivity contribution < 1.29 is 9.15 Å². The van der Waals surface area contributed by atoms with Crippen LogP contribution in [-0.4, -0.2) is 27.3 Å². The first-order valence-corrected chi connectivity index (χ1v) is 9.25. The molecule has 0 aliphatic heterocycles. The van der Waals surface area contributed by atoms with Crippen molar-refractivity contribution in [1.29, 1.82) is 0 Å². The number of ether oxygens (including phenoxy) is 1. The number of rotatable bonds is 6. The first-order chi connectivity index (χ1) is 13.2. The minimum Gasteiger partial charge on any atom is -0.497 e. The highest BCUT2D eigenvalue weighted by molar-refractivity contribution is 7.98. The zero-order chi connectivity index (χ0) is 18.6. The summed E-state index contributed by atoms with van der Waals surface area (Å²) in [6.07, 6.45) is 0. The van der Waals surface area contributed by atoms with Crippen molar-refractivity contribution in [2.24, 2.45) is 0 Å². The van der Waals surface area contributed by atoms with E-state index < -0.39 is 5.63 Å². The molecule has 0 N–H and O–H groups in total. The molecular weight excluding hydrogens is 364 g/mol. The Morgan fingerprint density at radius 3 is 2.81 bits per heavy atom. The highest BCUT2D eigenvalue weighted by Crippen LogP contribution is 2.27. The van der Waals surface area contributed by atoms with Gasteiger partial charge in [0.2, 0.25) is 5.16 Å². The van der Waals surface area contributed by atoms with Crippen LogP contribution in [0.1, 0.15) is 11.1 Å². The molecule has 0 saturated carbocycles. The van der Waals surface area contributed by atoms with E-state index in [2.05, 4.69) is 15.5 Å². The molecule has 27 heavy (non-hydrogen) atoms. The predicted octanol–water partition coefficient (Wildman–Crippen LogP) is 3.13. The molecule has 0 amide bonds. The fraction of sp³-hybridized carbons (Fsp3) is 0.158. The molecule has 0 saturated heterocycles. The first-order valence-electron chi connectivity index (χ1n) is 8.26. The topological polar surface area (TPSA) is 83.0 Å². The summed E-state index contributed by atoms with van der Waals surface area (Å²) in [4.78, 5) is 11.9. The molecule has 0 bridgehead atoms. The third-order valence-corrected chi connectivity index (χ3v) is 5.07. The maximum atomic E-state index is 11.9. The second-order valence-corrected chi connectivity index (χ2v) is 6.79. The van der Waals surface area contributed by atoms with Gasteiger partial charge in [0.1, 0.15) is 11.3 Å². The van der Waals surface area contributed by atoms with Crippen molar-refractivity contribution in [1.82, 2.24) is 20.2 Å². The molecule has 136 valence electrons. The maximum Gasteiger partial charge on any atom is 0.336 e. The standard InChI is InChI=1S/C19H16N4O3S/c1-25-15-7-8-16-14(9-18(24)26-17(16)10-15)12-27-19-20-21-22-23(19)11-13-5-3-2-4-6-13/h2-10H,11-12H2,1H3. The molecule has 4 aromatic rings. The quantitative estimate of drug-likeness (QED) is 0.375. The first kappa shape index (κ1) is 17.3. The number of fused-ring (bicyclic) bond motifs is 1. The fourth-order valence-corrected chi connectivity index (χ4v) is 3.62. The number of methoxy groups -OCH3 is 1. The van der Waals surface area contributed by atoms with E-state index in [4.69, 9.17) is 9.15 Å². The molecule has 0 unspecified atom stereocenters. The summed E-state index contributed by atoms with van der Waals surface area (Å²) in [5.74, 6) is 1.19. The third kappa shape index (κ3) is 3.85. The molecule has 0 radical (unpaired) electrons. The van der Waals surface area contributed by atoms with Gasteiger partial charge in [0, 0.05) is 23.3 Å². The van der Waals surface area contributed by atoms with E-state index in [0.29, 0.717) is 28.8 Å². The van der Waals surface area contributed by atoms with Crippen molar-refractivity contribution in [3.8, 4) is 5.75 Å². The zero-order valence-corrected chi connectivity index (χ0v) is 15.3. The smallest absolute Gasteiger partial charge is 0.336 e. The van der Waals surface area contributed by atoms with E-state index in [1.165, 1.54) is 17.8 Å². The van der Waals surface area contributed by atoms with Crippen LogP contribution in [0.15, 0.2) is 69.0 Å². The summed E-state index contributed by atoms with van der Waals surface area (Å²) in [5, 5.41) is 13.5. The van der Waals surface area contributed by atoms with Gasteiger partial charge in [-0.15, -0.1) is 5.10 Å². The highest BCUT2D eigenvalue weighted by atomic mass is 32.2. The second kappa shape index (κ2) is 7.63. The molecular formula is C19H16N4O3S. The molecule has 8 heteroatoms. The van der Waals surface area contributed by atoms with Crippen LogP contribution < -0.4 is 10.4 Å². The number of hydrogen-bond donors (Lipinski definition) is 0. The number of tetrazole rings is 1. The fourth-order valence-electron chi connectivity index (χ4n) is 2.75. The Labute approximate surface area is 159 Å². The number of nitrogens with zero attached hydrogens (tertiary/aromatic N) is 4. The lowest BCUT2D eigenvalue weighted by molar-refractivity contribution is 0.414. The average Bonchev–Trinajstić information content (AvgIpc) is 3.13. The van der Waals surface area contributed by atoms with Gasteiger partial charge in [0.15, 0.2) is 0 Å². The molecule has 2 heterocycles. The van der Waals surface area contributed by atoms with Crippen LogP contribution in [0.5, 0.6) is 5.75 Å². The third-order valence-electron chi connectivity index (χ3n) is 4.07. The van der Waals surface area contributed by atoms with Crippen molar-refractivity contribution >= 4 is 22.7 Å². The van der Waals surface area contributed by atoms with E-state index in [1.807, 2.05) is 42.5 Å². The molecule has 0 aliphatic rings. The van der Waals surface area contributed by atoms with Crippen molar-refractivity contribution in [2.45, 2.75) is 17.5 Å². The molecule has 2 aromatic carbocycles. The molecule has 0 spiro atoms. The Kier molecular flexibility index (Phi) is 4.88. The summed E-state index contributed by atoms with van der Waals surface area (Å²) < 4.78 is 12.2. The van der Waals surface area contributed by atoms with E-state index in [0.717, 1.165) is 16.5 Å². The van der Waals surface area contributed by atoms with Gasteiger partial charge in [-0.3, -0.25) is 0 Å². The van der Waals surface area contributed by atoms with Crippen LogP contribution in [-0.2, 0) is 12.3 Å². The van der Waals surface area contributed by atoms with Crippen LogP contribution in [0.4, 0.5) is 0 Å². The Hall–Kier alpha value is -3.13. The summed E-state index contributed by atoms with van der Waals surface area (Å²) in [7, 11) is 1.57. The maximum absolute atomic E-state index is 11.9. The van der Waals surface area contributed by atoms with Crippen molar-refractivity contribution in [3.05, 3.63) is 76.1 Å². The summed E-state index contributed by atoms with van der Waals surface area (Å²) in [6, 6.07) is 16.9. The van der Waals surface area contributed by atoms with E-state index in [-0.39, 0.29) is 0 Å². The van der Waals surface area contributed by atoms with Gasteiger partial charge >= 0.3 is 5.63 Å². The van der Waals surface area contributed by atoms with Crippen LogP contribution >= 0.6 is 11.8 Å². The van der Waals surface area contributed by atoms with Gasteiger partial charge in [-0.1, -0.05) is 42.1 Å². The SMILES string of the molecule is COc1ccc2c(CSc3nnnn3Cc3ccccc3)cc(=O)oc2c1. The van der Waals surface area contributed by atoms with Gasteiger partial charge in [-0.25, -0.2) is 9.48 Å². The van der Waals surface area contributed by atoms with E-state index in [1.54, 1.807) is 17.9 Å². The van der Waals surface area contributed by atoms with Gasteiger partial charge in [0.05, 0.1) is 13.7 Å². The number of thioether (sulfide) groups is 1. The van der Waals surface area contributed by atoms with Crippen LogP contribution in [0.3, 0.4) is 0 Å². The molecule has 0 aliphatic carbocycles. The zero-order valence-electron chi connectivity index (χ0n) is 14.5. The average molecular weight is 380 g/mol. The lowest BCUT2D eigenvalue weighted by Crippen LogP contribution is -2.04. The van der Waals surface area contributed by atoms with Crippen LogP contribution in [0.2, 0.25) is 0 Å². The minimum atomic E-state index is -0.393. The van der Waals surface area contributed by atoms with Gasteiger partial charge in [0.25, 0.3) is 0 Å². The molecule has 4 rings (SSSR count). The van der Waals surface area contributed by atoms with E-state index >= 15 is 0 Å². The second-order valence-electron chi connectivity index (χ2n) is 5.85. The molecule has 7 nitrogen and oxygen atoms in total. The summed E-state index contributed by atoms with van der Waals surface area (Å²) >= 11 is 1.47. The predicted molar refractivity (Wildman–Crippen MR) is 102 cm³/mol. The molecule has 0 fully saturated rings. The minimum absolute atomic E-state index is 0.393. The number of aromatic nitrogens is 4. The molecule has 0 atom stereocenters. The Balaban J connectivity index is 1.58. The lowest BCUT2D eigenvalue weighted by atomic mass is 10.1. The lowest BCUT2D eigenvalue weighted by Gasteiger charge is -2.07. The Morgan fingerprint density at radius 1 is 1.15 bits per heavy atom. The largest absolute Gasteiger partial charge is 0.497 e. The highest BCUT2D eigenvalue weighted by Gasteiger charge is 2.11. The normalized spacial score (nSPS) is 11.0. The van der Waals surface area contributed by atoms with Crippen LogP contribution in [0, 0.1) is 0 Å². The summed E-state index contributed by atoms with van der Waals surface area (Å²) in [6.45, 7) is 0.588. The van der Waals surface area contributed by atoms with Crippen molar-refractivity contribution in [3.63, 3.8) is 0 Å². The van der Waals surface area contributed by atoms with Crippen LogP contribution in [0.25, 0.3) is 11.0 Å². The monoisotopic (exact) mass is 380 g/mol. The van der Waals surface area contributed by atoms with Gasteiger partial charge < -0.3 is 9.15 Å². The molecule has 2 aromatic heterocycles. The Bertz CT molecular complexity index is 1120. The van der Waals surface area contributed by atoms with E-state index in [9.17, 15) is 4.79 Å². The Morgan fingerprint density at radius 2 is 2.00 bits per heavy atom. The number of hydrogen-bond acceptors (Lipinski definition) is 7. The number of benzene rings is 2.